The van der Waals surface area contributed by atoms with Gasteiger partial charge in [0, 0.05) is 18.7 Å². The van der Waals surface area contributed by atoms with E-state index in [1.54, 1.807) is 0 Å². The van der Waals surface area contributed by atoms with Crippen molar-refractivity contribution in [3.05, 3.63) is 30.3 Å². The number of fused-ring (bicyclic) bond motifs is 2. The van der Waals surface area contributed by atoms with Crippen LogP contribution in [0.15, 0.2) is 28.8 Å². The van der Waals surface area contributed by atoms with Crippen molar-refractivity contribution in [1.82, 2.24) is 19.9 Å². The molecule has 0 amide bonds. The Balaban J connectivity index is 1.66. The summed E-state index contributed by atoms with van der Waals surface area (Å²) in [6, 6.07) is 5.95. The number of ether oxygens (including phenoxy) is 1. The Morgan fingerprint density at radius 1 is 1.19 bits per heavy atom. The lowest BCUT2D eigenvalue weighted by molar-refractivity contribution is 0.204. The lowest BCUT2D eigenvalue weighted by Gasteiger charge is -2.14. The fraction of sp³-hybridized carbons (Fsp3) is 0.316. The van der Waals surface area contributed by atoms with E-state index >= 15 is 0 Å². The standard InChI is InChI=1S/C19H19N5O2/c1-10-22-14-7-6-11(8-15(14)25-10)13-9-21-17-16(13)18(24-19(20)23-17)26-12-4-2-3-5-12/h6-9,12H,2-5H2,1H3,(H3,20,21,23,24). The minimum absolute atomic E-state index is 0.189. The molecule has 7 heteroatoms. The number of hydrogen-bond acceptors (Lipinski definition) is 6. The summed E-state index contributed by atoms with van der Waals surface area (Å²) in [6.07, 6.45) is 6.58. The minimum Gasteiger partial charge on any atom is -0.474 e. The molecule has 1 aliphatic rings. The van der Waals surface area contributed by atoms with Gasteiger partial charge >= 0.3 is 0 Å². The van der Waals surface area contributed by atoms with Crippen molar-refractivity contribution in [1.29, 1.82) is 0 Å². The largest absolute Gasteiger partial charge is 0.474 e. The van der Waals surface area contributed by atoms with E-state index in [4.69, 9.17) is 14.9 Å². The average Bonchev–Trinajstić information content (AvgIpc) is 3.32. The Kier molecular flexibility index (Phi) is 3.34. The molecular weight excluding hydrogens is 330 g/mol. The van der Waals surface area contributed by atoms with Gasteiger partial charge in [0.25, 0.3) is 0 Å². The molecule has 0 unspecified atom stereocenters. The van der Waals surface area contributed by atoms with E-state index in [1.165, 1.54) is 12.8 Å². The van der Waals surface area contributed by atoms with E-state index in [-0.39, 0.29) is 12.1 Å². The molecule has 0 bridgehead atoms. The fourth-order valence-corrected chi connectivity index (χ4v) is 3.70. The first-order chi connectivity index (χ1) is 12.7. The molecule has 0 spiro atoms. The summed E-state index contributed by atoms with van der Waals surface area (Å²) in [5.74, 6) is 1.40. The van der Waals surface area contributed by atoms with Crippen LogP contribution in [0.2, 0.25) is 0 Å². The third-order valence-electron chi connectivity index (χ3n) is 4.90. The normalized spacial score (nSPS) is 15.3. The molecule has 3 N–H and O–H groups in total. The zero-order valence-electron chi connectivity index (χ0n) is 14.5. The smallest absolute Gasteiger partial charge is 0.228 e. The molecule has 5 rings (SSSR count). The molecule has 3 heterocycles. The number of benzene rings is 1. The Hall–Kier alpha value is -3.09. The van der Waals surface area contributed by atoms with Gasteiger partial charge < -0.3 is 19.9 Å². The van der Waals surface area contributed by atoms with Gasteiger partial charge in [0.15, 0.2) is 11.5 Å². The van der Waals surface area contributed by atoms with E-state index in [9.17, 15) is 0 Å². The molecule has 0 radical (unpaired) electrons. The molecule has 1 aliphatic carbocycles. The monoisotopic (exact) mass is 349 g/mol. The number of anilines is 1. The Labute approximate surface area is 149 Å². The molecular formula is C19H19N5O2. The first-order valence-corrected chi connectivity index (χ1v) is 8.86. The van der Waals surface area contributed by atoms with E-state index in [1.807, 2.05) is 31.3 Å². The quantitative estimate of drug-likeness (QED) is 0.580. The summed E-state index contributed by atoms with van der Waals surface area (Å²) in [5, 5.41) is 0.849. The highest BCUT2D eigenvalue weighted by Crippen LogP contribution is 2.36. The van der Waals surface area contributed by atoms with Gasteiger partial charge in [-0.1, -0.05) is 6.07 Å². The third kappa shape index (κ3) is 2.47. The van der Waals surface area contributed by atoms with Crippen LogP contribution in [-0.4, -0.2) is 26.0 Å². The molecule has 4 aromatic rings. The van der Waals surface area contributed by atoms with Crippen LogP contribution in [0.5, 0.6) is 5.88 Å². The molecule has 0 atom stereocenters. The molecule has 26 heavy (non-hydrogen) atoms. The maximum absolute atomic E-state index is 6.19. The number of oxazole rings is 1. The van der Waals surface area contributed by atoms with Crippen LogP contribution in [0, 0.1) is 6.92 Å². The van der Waals surface area contributed by atoms with Crippen molar-refractivity contribution in [3.63, 3.8) is 0 Å². The number of nitrogens with one attached hydrogen (secondary N) is 1. The number of aromatic amines is 1. The molecule has 1 saturated carbocycles. The molecule has 132 valence electrons. The topological polar surface area (TPSA) is 103 Å². The highest BCUT2D eigenvalue weighted by atomic mass is 16.5. The average molecular weight is 349 g/mol. The summed E-state index contributed by atoms with van der Waals surface area (Å²) in [7, 11) is 0. The van der Waals surface area contributed by atoms with Crippen LogP contribution in [0.4, 0.5) is 5.95 Å². The van der Waals surface area contributed by atoms with Crippen molar-refractivity contribution in [2.75, 3.05) is 5.73 Å². The minimum atomic E-state index is 0.189. The predicted octanol–water partition coefficient (Wildman–Crippen LogP) is 3.98. The van der Waals surface area contributed by atoms with Crippen LogP contribution in [0.3, 0.4) is 0 Å². The van der Waals surface area contributed by atoms with Gasteiger partial charge in [-0.05, 0) is 43.4 Å². The van der Waals surface area contributed by atoms with Crippen molar-refractivity contribution < 1.29 is 9.15 Å². The SMILES string of the molecule is Cc1nc2ccc(-c3c[nH]c4nc(N)nc(OC5CCCC5)c34)cc2o1. The zero-order valence-corrected chi connectivity index (χ0v) is 14.5. The van der Waals surface area contributed by atoms with E-state index < -0.39 is 0 Å². The Bertz CT molecular complexity index is 1110. The number of hydrogen-bond donors (Lipinski definition) is 2. The molecule has 7 nitrogen and oxygen atoms in total. The summed E-state index contributed by atoms with van der Waals surface area (Å²) in [4.78, 5) is 16.2. The third-order valence-corrected chi connectivity index (χ3v) is 4.90. The molecule has 0 saturated heterocycles. The number of aromatic nitrogens is 4. The van der Waals surface area contributed by atoms with Crippen LogP contribution in [0.1, 0.15) is 31.6 Å². The van der Waals surface area contributed by atoms with Gasteiger partial charge in [-0.15, -0.1) is 0 Å². The van der Waals surface area contributed by atoms with Crippen molar-refractivity contribution in [3.8, 4) is 17.0 Å². The highest BCUT2D eigenvalue weighted by molar-refractivity contribution is 5.99. The van der Waals surface area contributed by atoms with Gasteiger partial charge in [0.2, 0.25) is 11.8 Å². The second-order valence-corrected chi connectivity index (χ2v) is 6.75. The zero-order chi connectivity index (χ0) is 17.7. The lowest BCUT2D eigenvalue weighted by atomic mass is 10.1. The number of nitrogens with zero attached hydrogens (tertiary/aromatic N) is 3. The molecule has 3 aromatic heterocycles. The summed E-state index contributed by atoms with van der Waals surface area (Å²) >= 11 is 0. The summed E-state index contributed by atoms with van der Waals surface area (Å²) in [5.41, 5.74) is 10.1. The number of aryl methyl sites for hydroxylation is 1. The second-order valence-electron chi connectivity index (χ2n) is 6.75. The Morgan fingerprint density at radius 3 is 2.88 bits per heavy atom. The fourth-order valence-electron chi connectivity index (χ4n) is 3.70. The lowest BCUT2D eigenvalue weighted by Crippen LogP contribution is -2.13. The highest BCUT2D eigenvalue weighted by Gasteiger charge is 2.22. The number of rotatable bonds is 3. The van der Waals surface area contributed by atoms with Gasteiger partial charge in [0.05, 0.1) is 5.39 Å². The molecule has 1 aromatic carbocycles. The Morgan fingerprint density at radius 2 is 2.04 bits per heavy atom. The van der Waals surface area contributed by atoms with Gasteiger partial charge in [-0.2, -0.15) is 9.97 Å². The van der Waals surface area contributed by atoms with E-state index in [0.717, 1.165) is 40.5 Å². The first-order valence-electron chi connectivity index (χ1n) is 8.86. The van der Waals surface area contributed by atoms with Crippen molar-refractivity contribution >= 4 is 28.1 Å². The maximum atomic E-state index is 6.19. The van der Waals surface area contributed by atoms with E-state index in [2.05, 4.69) is 19.9 Å². The van der Waals surface area contributed by atoms with Crippen LogP contribution < -0.4 is 10.5 Å². The van der Waals surface area contributed by atoms with Crippen LogP contribution in [0.25, 0.3) is 33.3 Å². The summed E-state index contributed by atoms with van der Waals surface area (Å²) in [6.45, 7) is 1.84. The number of nitrogen functional groups attached to an aromatic ring is 1. The van der Waals surface area contributed by atoms with Crippen molar-refractivity contribution in [2.45, 2.75) is 38.7 Å². The molecule has 0 aliphatic heterocycles. The van der Waals surface area contributed by atoms with Crippen molar-refractivity contribution in [2.24, 2.45) is 0 Å². The summed E-state index contributed by atoms with van der Waals surface area (Å²) < 4.78 is 11.9. The second kappa shape index (κ2) is 5.72. The maximum Gasteiger partial charge on any atom is 0.228 e. The van der Waals surface area contributed by atoms with E-state index in [0.29, 0.717) is 17.4 Å². The number of nitrogens with two attached hydrogens (primary N) is 1. The van der Waals surface area contributed by atoms with Crippen LogP contribution >= 0.6 is 0 Å². The van der Waals surface area contributed by atoms with Gasteiger partial charge in [-0.3, -0.25) is 0 Å². The molecule has 1 fully saturated rings. The predicted molar refractivity (Wildman–Crippen MR) is 98.9 cm³/mol. The van der Waals surface area contributed by atoms with Crippen LogP contribution in [-0.2, 0) is 0 Å². The van der Waals surface area contributed by atoms with Gasteiger partial charge in [0.1, 0.15) is 17.3 Å². The van der Waals surface area contributed by atoms with Gasteiger partial charge in [-0.25, -0.2) is 4.98 Å². The number of H-pyrrole nitrogens is 1. The first kappa shape index (κ1) is 15.2.